The van der Waals surface area contributed by atoms with E-state index in [1.54, 1.807) is 22.6 Å². The molecule has 0 fully saturated rings. The third kappa shape index (κ3) is 3.03. The van der Waals surface area contributed by atoms with E-state index in [2.05, 4.69) is 15.4 Å². The maximum absolute atomic E-state index is 12.2. The van der Waals surface area contributed by atoms with Gasteiger partial charge in [-0.05, 0) is 29.8 Å². The lowest BCUT2D eigenvalue weighted by Gasteiger charge is -2.16. The molecule has 1 amide bonds. The molecule has 1 unspecified atom stereocenters. The van der Waals surface area contributed by atoms with E-state index in [0.29, 0.717) is 10.8 Å². The van der Waals surface area contributed by atoms with E-state index in [1.807, 2.05) is 49.5 Å². The average Bonchev–Trinajstić information content (AvgIpc) is 2.83. The van der Waals surface area contributed by atoms with Crippen LogP contribution in [0.1, 0.15) is 16.4 Å². The Morgan fingerprint density at radius 3 is 2.76 bits per heavy atom. The van der Waals surface area contributed by atoms with Crippen LogP contribution in [-0.4, -0.2) is 26.4 Å². The van der Waals surface area contributed by atoms with Crippen LogP contribution < -0.4 is 5.32 Å². The number of fused-ring (bicyclic) bond motifs is 1. The van der Waals surface area contributed by atoms with Gasteiger partial charge in [0.2, 0.25) is 5.91 Å². The monoisotopic (exact) mass is 370 g/mol. The lowest BCUT2D eigenvalue weighted by molar-refractivity contribution is -0.113. The van der Waals surface area contributed by atoms with Crippen molar-refractivity contribution in [2.45, 2.75) is 5.25 Å². The number of aromatic nitrogens is 3. The fourth-order valence-electron chi connectivity index (χ4n) is 2.94. The third-order valence-electron chi connectivity index (χ3n) is 4.07. The maximum atomic E-state index is 12.2. The average molecular weight is 371 g/mol. The first kappa shape index (κ1) is 16.2. The number of pyridine rings is 1. The highest BCUT2D eigenvalue weighted by molar-refractivity contribution is 8.00. The summed E-state index contributed by atoms with van der Waals surface area (Å²) in [6.45, 7) is 0. The van der Waals surface area contributed by atoms with E-state index in [4.69, 9.17) is 11.6 Å². The second-order valence-corrected chi connectivity index (χ2v) is 7.27. The van der Waals surface area contributed by atoms with Crippen molar-refractivity contribution in [1.82, 2.24) is 14.8 Å². The van der Waals surface area contributed by atoms with E-state index in [9.17, 15) is 4.79 Å². The number of nitrogens with zero attached hydrogens (tertiary/aromatic N) is 3. The number of anilines is 1. The highest BCUT2D eigenvalue weighted by Crippen LogP contribution is 2.45. The molecule has 0 bridgehead atoms. The summed E-state index contributed by atoms with van der Waals surface area (Å²) >= 11 is 7.62. The van der Waals surface area contributed by atoms with E-state index in [-0.39, 0.29) is 11.2 Å². The Balaban J connectivity index is 1.92. The fourth-order valence-corrected chi connectivity index (χ4v) is 4.20. The van der Waals surface area contributed by atoms with Gasteiger partial charge in [-0.2, -0.15) is 5.10 Å². The predicted molar refractivity (Wildman–Crippen MR) is 101 cm³/mol. The largest absolute Gasteiger partial charge is 0.310 e. The molecule has 0 saturated carbocycles. The number of hydrogen-bond acceptors (Lipinski definition) is 4. The Labute approximate surface area is 154 Å². The lowest BCUT2D eigenvalue weighted by Crippen LogP contribution is -2.15. The molecular formula is C18H15ClN4OS. The molecule has 1 aliphatic heterocycles. The van der Waals surface area contributed by atoms with E-state index >= 15 is 0 Å². The highest BCUT2D eigenvalue weighted by atomic mass is 35.5. The number of carbonyl (C=O) groups excluding carboxylic acids is 1. The number of nitrogens with one attached hydrogen (secondary N) is 1. The molecule has 2 aromatic heterocycles. The van der Waals surface area contributed by atoms with Gasteiger partial charge < -0.3 is 5.32 Å². The third-order valence-corrected chi connectivity index (χ3v) is 5.59. The summed E-state index contributed by atoms with van der Waals surface area (Å²) in [5, 5.41) is 8.27. The SMILES string of the molecule is Cn1nc(-c2ccccn2)c2c1NC(=O)CSC2c1ccc(Cl)cc1. The van der Waals surface area contributed by atoms with Crippen molar-refractivity contribution in [2.24, 2.45) is 7.05 Å². The summed E-state index contributed by atoms with van der Waals surface area (Å²) in [6, 6.07) is 13.5. The number of aryl methyl sites for hydroxylation is 1. The zero-order valence-corrected chi connectivity index (χ0v) is 15.0. The molecular weight excluding hydrogens is 356 g/mol. The predicted octanol–water partition coefficient (Wildman–Crippen LogP) is 3.91. The van der Waals surface area contributed by atoms with Crippen LogP contribution in [0.4, 0.5) is 5.82 Å². The molecule has 25 heavy (non-hydrogen) atoms. The smallest absolute Gasteiger partial charge is 0.235 e. The van der Waals surface area contributed by atoms with Gasteiger partial charge in [0.1, 0.15) is 11.5 Å². The second-order valence-electron chi connectivity index (χ2n) is 5.74. The van der Waals surface area contributed by atoms with Crippen molar-refractivity contribution in [2.75, 3.05) is 11.1 Å². The van der Waals surface area contributed by atoms with Crippen molar-refractivity contribution < 1.29 is 4.79 Å². The summed E-state index contributed by atoms with van der Waals surface area (Å²) in [5.41, 5.74) is 3.62. The lowest BCUT2D eigenvalue weighted by atomic mass is 10.0. The molecule has 1 aromatic carbocycles. The summed E-state index contributed by atoms with van der Waals surface area (Å²) in [7, 11) is 1.83. The van der Waals surface area contributed by atoms with Crippen molar-refractivity contribution in [3.63, 3.8) is 0 Å². The van der Waals surface area contributed by atoms with Crippen molar-refractivity contribution in [3.05, 3.63) is 64.8 Å². The molecule has 1 atom stereocenters. The number of benzene rings is 1. The Morgan fingerprint density at radius 2 is 2.04 bits per heavy atom. The minimum atomic E-state index is -0.0306. The molecule has 7 heteroatoms. The maximum Gasteiger partial charge on any atom is 0.235 e. The van der Waals surface area contributed by atoms with Gasteiger partial charge in [-0.3, -0.25) is 14.5 Å². The molecule has 126 valence electrons. The van der Waals surface area contributed by atoms with E-state index in [0.717, 1.165) is 28.3 Å². The first-order valence-corrected chi connectivity index (χ1v) is 9.21. The van der Waals surface area contributed by atoms with Crippen molar-refractivity contribution in [1.29, 1.82) is 0 Å². The van der Waals surface area contributed by atoms with Crippen molar-refractivity contribution in [3.8, 4) is 11.4 Å². The standard InChI is InChI=1S/C18H15ClN4OS/c1-23-18-15(16(22-23)13-4-2-3-9-20-13)17(25-10-14(24)21-18)11-5-7-12(19)8-6-11/h2-9,17H,10H2,1H3,(H,21,24). The van der Waals surface area contributed by atoms with Gasteiger partial charge in [-0.25, -0.2) is 0 Å². The number of hydrogen-bond donors (Lipinski definition) is 1. The Hall–Kier alpha value is -2.31. The zero-order valence-electron chi connectivity index (χ0n) is 13.4. The first-order chi connectivity index (χ1) is 12.1. The Kier molecular flexibility index (Phi) is 4.23. The molecule has 0 spiro atoms. The zero-order chi connectivity index (χ0) is 17.4. The summed E-state index contributed by atoms with van der Waals surface area (Å²) in [5.74, 6) is 1.07. The Morgan fingerprint density at radius 1 is 1.24 bits per heavy atom. The van der Waals surface area contributed by atoms with Crippen molar-refractivity contribution >= 4 is 35.1 Å². The summed E-state index contributed by atoms with van der Waals surface area (Å²) in [4.78, 5) is 16.6. The number of halogens is 1. The van der Waals surface area contributed by atoms with Crippen LogP contribution in [0.3, 0.4) is 0 Å². The topological polar surface area (TPSA) is 59.8 Å². The number of thioether (sulfide) groups is 1. The summed E-state index contributed by atoms with van der Waals surface area (Å²) < 4.78 is 1.71. The van der Waals surface area contributed by atoms with Gasteiger partial charge in [-0.1, -0.05) is 29.8 Å². The van der Waals surface area contributed by atoms with Gasteiger partial charge in [0, 0.05) is 23.8 Å². The summed E-state index contributed by atoms with van der Waals surface area (Å²) in [6.07, 6.45) is 1.75. The minimum Gasteiger partial charge on any atom is -0.310 e. The molecule has 0 radical (unpaired) electrons. The Bertz CT molecular complexity index is 924. The molecule has 0 aliphatic carbocycles. The van der Waals surface area contributed by atoms with Gasteiger partial charge in [0.15, 0.2) is 0 Å². The molecule has 4 rings (SSSR count). The molecule has 5 nitrogen and oxygen atoms in total. The van der Waals surface area contributed by atoms with Crippen LogP contribution in [-0.2, 0) is 11.8 Å². The minimum absolute atomic E-state index is 0.0294. The molecule has 1 N–H and O–H groups in total. The number of carbonyl (C=O) groups is 1. The quantitative estimate of drug-likeness (QED) is 0.743. The molecule has 3 aromatic rings. The van der Waals surface area contributed by atoms with E-state index in [1.165, 1.54) is 0 Å². The van der Waals surface area contributed by atoms with Crippen LogP contribution in [0.2, 0.25) is 5.02 Å². The van der Waals surface area contributed by atoms with E-state index < -0.39 is 0 Å². The molecule has 0 saturated heterocycles. The fraction of sp³-hybridized carbons (Fsp3) is 0.167. The van der Waals surface area contributed by atoms with Gasteiger partial charge in [-0.15, -0.1) is 11.8 Å². The van der Waals surface area contributed by atoms with Crippen LogP contribution in [0.15, 0.2) is 48.7 Å². The molecule has 3 heterocycles. The normalized spacial score (nSPS) is 16.9. The second kappa shape index (κ2) is 6.54. The highest BCUT2D eigenvalue weighted by Gasteiger charge is 2.31. The molecule has 1 aliphatic rings. The van der Waals surface area contributed by atoms with Crippen LogP contribution in [0.5, 0.6) is 0 Å². The van der Waals surface area contributed by atoms with Gasteiger partial charge in [0.05, 0.1) is 16.7 Å². The van der Waals surface area contributed by atoms with Gasteiger partial charge in [0.25, 0.3) is 0 Å². The van der Waals surface area contributed by atoms with Crippen LogP contribution in [0, 0.1) is 0 Å². The van der Waals surface area contributed by atoms with Crippen LogP contribution in [0.25, 0.3) is 11.4 Å². The number of rotatable bonds is 2. The first-order valence-electron chi connectivity index (χ1n) is 7.78. The van der Waals surface area contributed by atoms with Crippen LogP contribution >= 0.6 is 23.4 Å². The number of amides is 1. The van der Waals surface area contributed by atoms with Gasteiger partial charge >= 0.3 is 0 Å².